The zero-order valence-corrected chi connectivity index (χ0v) is 10.3. The van der Waals surface area contributed by atoms with Crippen molar-refractivity contribution in [1.29, 1.82) is 0 Å². The number of rotatable bonds is 2. The summed E-state index contributed by atoms with van der Waals surface area (Å²) in [7, 11) is -1.27. The van der Waals surface area contributed by atoms with Crippen molar-refractivity contribution in [1.82, 2.24) is 9.21 Å². The molecule has 0 N–H and O–H groups in total. The summed E-state index contributed by atoms with van der Waals surface area (Å²) < 4.78 is 24.8. The average Bonchev–Trinajstić information content (AvgIpc) is 2.01. The van der Waals surface area contributed by atoms with Crippen LogP contribution in [-0.4, -0.2) is 55.1 Å². The second-order valence-electron chi connectivity index (χ2n) is 3.97. The van der Waals surface area contributed by atoms with Gasteiger partial charge in [-0.2, -0.15) is 4.31 Å². The standard InChI is InChI=1S/C8H17ClN2O2S/c1-7-4-10(3)5-8(2)11(7)14(12,13)6-9/h7-8H,4-6H2,1-3H3. The third-order valence-electron chi connectivity index (χ3n) is 2.48. The first-order chi connectivity index (χ1) is 6.38. The molecule has 1 rings (SSSR count). The van der Waals surface area contributed by atoms with E-state index in [-0.39, 0.29) is 17.3 Å². The molecule has 0 spiro atoms. The van der Waals surface area contributed by atoms with Gasteiger partial charge in [-0.15, -0.1) is 11.6 Å². The molecule has 14 heavy (non-hydrogen) atoms. The minimum Gasteiger partial charge on any atom is -0.303 e. The van der Waals surface area contributed by atoms with Crippen LogP contribution in [0.1, 0.15) is 13.8 Å². The molecule has 1 aliphatic heterocycles. The van der Waals surface area contributed by atoms with Gasteiger partial charge in [-0.1, -0.05) is 0 Å². The lowest BCUT2D eigenvalue weighted by molar-refractivity contribution is 0.123. The van der Waals surface area contributed by atoms with Crippen molar-refractivity contribution in [2.75, 3.05) is 25.3 Å². The molecular formula is C8H17ClN2O2S. The number of sulfonamides is 1. The van der Waals surface area contributed by atoms with Crippen LogP contribution in [0.4, 0.5) is 0 Å². The highest BCUT2D eigenvalue weighted by Crippen LogP contribution is 2.19. The van der Waals surface area contributed by atoms with E-state index in [4.69, 9.17) is 11.6 Å². The monoisotopic (exact) mass is 240 g/mol. The van der Waals surface area contributed by atoms with Crippen LogP contribution in [0.3, 0.4) is 0 Å². The molecule has 2 unspecified atom stereocenters. The molecule has 0 aromatic carbocycles. The van der Waals surface area contributed by atoms with E-state index in [9.17, 15) is 8.42 Å². The molecule has 84 valence electrons. The van der Waals surface area contributed by atoms with Crippen LogP contribution in [0.2, 0.25) is 0 Å². The Morgan fingerprint density at radius 1 is 1.29 bits per heavy atom. The first kappa shape index (κ1) is 12.2. The summed E-state index contributed by atoms with van der Waals surface area (Å²) in [6.07, 6.45) is 0. The van der Waals surface area contributed by atoms with E-state index >= 15 is 0 Å². The summed E-state index contributed by atoms with van der Waals surface area (Å²) >= 11 is 5.45. The lowest BCUT2D eigenvalue weighted by Crippen LogP contribution is -2.57. The summed E-state index contributed by atoms with van der Waals surface area (Å²) in [6, 6.07) is 0.0139. The van der Waals surface area contributed by atoms with Gasteiger partial charge in [-0.3, -0.25) is 0 Å². The van der Waals surface area contributed by atoms with Gasteiger partial charge in [0, 0.05) is 25.2 Å². The van der Waals surface area contributed by atoms with E-state index in [0.29, 0.717) is 0 Å². The highest BCUT2D eigenvalue weighted by atomic mass is 35.5. The second-order valence-corrected chi connectivity index (χ2v) is 6.43. The Hall–Kier alpha value is 0.160. The minimum absolute atomic E-state index is 0.00694. The van der Waals surface area contributed by atoms with Gasteiger partial charge in [0.1, 0.15) is 5.21 Å². The molecule has 0 radical (unpaired) electrons. The Labute approximate surface area is 90.9 Å². The first-order valence-corrected chi connectivity index (χ1v) is 6.78. The smallest absolute Gasteiger partial charge is 0.228 e. The van der Waals surface area contributed by atoms with Crippen molar-refractivity contribution < 1.29 is 8.42 Å². The van der Waals surface area contributed by atoms with Gasteiger partial charge in [-0.25, -0.2) is 8.42 Å². The maximum Gasteiger partial charge on any atom is 0.228 e. The summed E-state index contributed by atoms with van der Waals surface area (Å²) in [5, 5.41) is -0.328. The Balaban J connectivity index is 2.88. The summed E-state index contributed by atoms with van der Waals surface area (Å²) in [4.78, 5) is 2.13. The Morgan fingerprint density at radius 2 is 1.71 bits per heavy atom. The van der Waals surface area contributed by atoms with Gasteiger partial charge in [-0.05, 0) is 20.9 Å². The molecule has 6 heteroatoms. The molecule has 4 nitrogen and oxygen atoms in total. The van der Waals surface area contributed by atoms with Crippen molar-refractivity contribution in [2.24, 2.45) is 0 Å². The normalized spacial score (nSPS) is 32.0. The summed E-state index contributed by atoms with van der Waals surface area (Å²) in [5.74, 6) is 0. The maximum atomic E-state index is 11.7. The molecule has 0 amide bonds. The molecule has 0 bridgehead atoms. The number of piperazine rings is 1. The highest BCUT2D eigenvalue weighted by Gasteiger charge is 2.35. The number of nitrogens with zero attached hydrogens (tertiary/aromatic N) is 2. The average molecular weight is 241 g/mol. The van der Waals surface area contributed by atoms with E-state index in [1.807, 2.05) is 20.9 Å². The zero-order valence-electron chi connectivity index (χ0n) is 8.77. The van der Waals surface area contributed by atoms with Crippen LogP contribution in [0.25, 0.3) is 0 Å². The lowest BCUT2D eigenvalue weighted by atomic mass is 10.2. The van der Waals surface area contributed by atoms with Crippen LogP contribution in [-0.2, 0) is 10.0 Å². The van der Waals surface area contributed by atoms with Crippen LogP contribution in [0.5, 0.6) is 0 Å². The molecule has 1 heterocycles. The predicted octanol–water partition coefficient (Wildman–Crippen LogP) is 0.537. The molecule has 1 aliphatic rings. The van der Waals surface area contributed by atoms with E-state index < -0.39 is 10.0 Å². The van der Waals surface area contributed by atoms with Gasteiger partial charge in [0.25, 0.3) is 0 Å². The van der Waals surface area contributed by atoms with Gasteiger partial charge < -0.3 is 4.90 Å². The van der Waals surface area contributed by atoms with Crippen molar-refractivity contribution >= 4 is 21.6 Å². The molecule has 0 aromatic heterocycles. The number of hydrogen-bond acceptors (Lipinski definition) is 3. The van der Waals surface area contributed by atoms with E-state index in [0.717, 1.165) is 13.1 Å². The van der Waals surface area contributed by atoms with Crippen molar-refractivity contribution in [3.8, 4) is 0 Å². The molecule has 1 fully saturated rings. The zero-order chi connectivity index (χ0) is 10.9. The number of likely N-dealkylation sites (N-methyl/N-ethyl adjacent to an activating group) is 1. The van der Waals surface area contributed by atoms with Crippen molar-refractivity contribution in [3.05, 3.63) is 0 Å². The van der Waals surface area contributed by atoms with Gasteiger partial charge in [0.2, 0.25) is 10.0 Å². The van der Waals surface area contributed by atoms with E-state index in [2.05, 4.69) is 4.90 Å². The third kappa shape index (κ3) is 2.39. The van der Waals surface area contributed by atoms with Crippen molar-refractivity contribution in [2.45, 2.75) is 25.9 Å². The van der Waals surface area contributed by atoms with E-state index in [1.54, 1.807) is 0 Å². The molecule has 1 saturated heterocycles. The predicted molar refractivity (Wildman–Crippen MR) is 57.9 cm³/mol. The number of alkyl halides is 1. The van der Waals surface area contributed by atoms with Crippen LogP contribution >= 0.6 is 11.6 Å². The minimum atomic E-state index is -3.27. The van der Waals surface area contributed by atoms with Gasteiger partial charge >= 0.3 is 0 Å². The topological polar surface area (TPSA) is 40.6 Å². The van der Waals surface area contributed by atoms with Crippen LogP contribution in [0.15, 0.2) is 0 Å². The second kappa shape index (κ2) is 4.35. The first-order valence-electron chi connectivity index (χ1n) is 4.64. The molecule has 0 saturated carbocycles. The van der Waals surface area contributed by atoms with Crippen LogP contribution < -0.4 is 0 Å². The molecule has 2 atom stereocenters. The van der Waals surface area contributed by atoms with Gasteiger partial charge in [0.05, 0.1) is 0 Å². The highest BCUT2D eigenvalue weighted by molar-refractivity contribution is 7.90. The Bertz CT molecular complexity index is 282. The molecule has 0 aromatic rings. The summed E-state index contributed by atoms with van der Waals surface area (Å²) in [6.45, 7) is 5.35. The lowest BCUT2D eigenvalue weighted by Gasteiger charge is -2.41. The third-order valence-corrected chi connectivity index (χ3v) is 4.94. The Kier molecular flexibility index (Phi) is 3.80. The summed E-state index contributed by atoms with van der Waals surface area (Å²) in [5.41, 5.74) is 0. The number of halogens is 1. The molecular weight excluding hydrogens is 224 g/mol. The maximum absolute atomic E-state index is 11.7. The SMILES string of the molecule is CC1CN(C)CC(C)N1S(=O)(=O)CCl. The fourth-order valence-corrected chi connectivity index (χ4v) is 3.86. The fourth-order valence-electron chi connectivity index (χ4n) is 2.18. The largest absolute Gasteiger partial charge is 0.303 e. The van der Waals surface area contributed by atoms with E-state index in [1.165, 1.54) is 4.31 Å². The fraction of sp³-hybridized carbons (Fsp3) is 1.00. The Morgan fingerprint density at radius 3 is 2.07 bits per heavy atom. The number of hydrogen-bond donors (Lipinski definition) is 0. The van der Waals surface area contributed by atoms with Gasteiger partial charge in [0.15, 0.2) is 0 Å². The quantitative estimate of drug-likeness (QED) is 0.662. The molecule has 0 aliphatic carbocycles. The van der Waals surface area contributed by atoms with Crippen molar-refractivity contribution in [3.63, 3.8) is 0 Å². The van der Waals surface area contributed by atoms with Crippen LogP contribution in [0, 0.1) is 0 Å².